The smallest absolute Gasteiger partial charge is 0 e. The van der Waals surface area contributed by atoms with Gasteiger partial charge in [-0.25, -0.2) is 18.6 Å². The van der Waals surface area contributed by atoms with Gasteiger partial charge in [0.1, 0.15) is 0 Å². The Balaban J connectivity index is 0. The number of halogens is 1. The molecular weight excluding hydrogens is 298 g/mol. The third-order valence-corrected chi connectivity index (χ3v) is 1.33. The van der Waals surface area contributed by atoms with E-state index in [-0.39, 0.29) is 19.5 Å². The van der Waals surface area contributed by atoms with Gasteiger partial charge in [0, 0.05) is 19.5 Å². The first kappa shape index (κ1) is 16.7. The average molecular weight is 311 g/mol. The van der Waals surface area contributed by atoms with Gasteiger partial charge >= 0.3 is 0 Å². The van der Waals surface area contributed by atoms with E-state index in [1.54, 1.807) is 0 Å². The van der Waals surface area contributed by atoms with E-state index in [4.69, 9.17) is 18.6 Å². The Kier molecular flexibility index (Phi) is 11.6. The van der Waals surface area contributed by atoms with E-state index in [2.05, 4.69) is 24.3 Å². The van der Waals surface area contributed by atoms with Crippen LogP contribution in [0.5, 0.6) is 0 Å². The normalized spacial score (nSPS) is 15.7. The van der Waals surface area contributed by atoms with E-state index >= 15 is 0 Å². The minimum atomic E-state index is -4.94. The summed E-state index contributed by atoms with van der Waals surface area (Å²) in [5.74, 6) is 0. The molecule has 0 atom stereocenters. The number of allylic oxidation sites excluding steroid dienone is 4. The van der Waals surface area contributed by atoms with E-state index in [9.17, 15) is 0 Å². The van der Waals surface area contributed by atoms with Crippen molar-refractivity contribution in [3.8, 4) is 0 Å². The Morgan fingerprint density at radius 1 is 0.643 bits per heavy atom. The summed E-state index contributed by atoms with van der Waals surface area (Å²) >= 11 is 0. The molecule has 1 radical (unpaired) electrons. The summed E-state index contributed by atoms with van der Waals surface area (Å²) in [6.45, 7) is 0. The van der Waals surface area contributed by atoms with Gasteiger partial charge in [0.25, 0.3) is 0 Å². The van der Waals surface area contributed by atoms with Crippen molar-refractivity contribution >= 4 is 0 Å². The SMILES string of the molecule is C1=CCCC=CCC1.[O-][Cl+3]([O-])([O-])[O-].[Rh]. The van der Waals surface area contributed by atoms with E-state index < -0.39 is 10.2 Å². The van der Waals surface area contributed by atoms with Crippen molar-refractivity contribution in [2.45, 2.75) is 25.7 Å². The molecule has 6 heteroatoms. The summed E-state index contributed by atoms with van der Waals surface area (Å²) in [4.78, 5) is 0. The van der Waals surface area contributed by atoms with Crippen LogP contribution in [0.2, 0.25) is 0 Å². The molecule has 1 aliphatic carbocycles. The van der Waals surface area contributed by atoms with Crippen LogP contribution in [-0.2, 0) is 19.5 Å². The zero-order valence-corrected chi connectivity index (χ0v) is 9.88. The topological polar surface area (TPSA) is 92.2 Å². The van der Waals surface area contributed by atoms with Gasteiger partial charge in [-0.1, -0.05) is 24.3 Å². The zero-order valence-electron chi connectivity index (χ0n) is 7.48. The molecule has 1 rings (SSSR count). The summed E-state index contributed by atoms with van der Waals surface area (Å²) in [6, 6.07) is 0. The molecule has 0 N–H and O–H groups in total. The first-order valence-electron chi connectivity index (χ1n) is 3.92. The van der Waals surface area contributed by atoms with Gasteiger partial charge in [0.2, 0.25) is 0 Å². The van der Waals surface area contributed by atoms with E-state index in [0.29, 0.717) is 0 Å². The Morgan fingerprint density at radius 3 is 0.929 bits per heavy atom. The van der Waals surface area contributed by atoms with Crippen LogP contribution in [0.25, 0.3) is 0 Å². The minimum absolute atomic E-state index is 0. The molecule has 0 amide bonds. The van der Waals surface area contributed by atoms with Gasteiger partial charge in [-0.15, -0.1) is 10.2 Å². The molecule has 0 bridgehead atoms. The average Bonchev–Trinajstić information content (AvgIpc) is 1.79. The second-order valence-corrected chi connectivity index (χ2v) is 3.23. The predicted octanol–water partition coefficient (Wildman–Crippen LogP) is -2.09. The summed E-state index contributed by atoms with van der Waals surface area (Å²) in [6.07, 6.45) is 14.0. The maximum Gasteiger partial charge on any atom is 0 e. The fraction of sp³-hybridized carbons (Fsp3) is 0.500. The van der Waals surface area contributed by atoms with E-state index in [0.717, 1.165) is 0 Å². The Hall–Kier alpha value is 0.233. The molecule has 0 fully saturated rings. The molecule has 0 aromatic carbocycles. The van der Waals surface area contributed by atoms with Crippen molar-refractivity contribution in [2.75, 3.05) is 0 Å². The molecule has 0 heterocycles. The summed E-state index contributed by atoms with van der Waals surface area (Å²) < 4.78 is 34.0. The molecule has 14 heavy (non-hydrogen) atoms. The molecule has 0 saturated carbocycles. The van der Waals surface area contributed by atoms with Crippen molar-refractivity contribution in [3.63, 3.8) is 0 Å². The third-order valence-electron chi connectivity index (χ3n) is 1.33. The van der Waals surface area contributed by atoms with Crippen molar-refractivity contribution in [2.24, 2.45) is 0 Å². The van der Waals surface area contributed by atoms with Crippen LogP contribution >= 0.6 is 0 Å². The van der Waals surface area contributed by atoms with Crippen molar-refractivity contribution in [1.29, 1.82) is 0 Å². The van der Waals surface area contributed by atoms with E-state index in [1.807, 2.05) is 0 Å². The maximum absolute atomic E-state index is 8.49. The predicted molar refractivity (Wildman–Crippen MR) is 36.7 cm³/mol. The Labute approximate surface area is 98.4 Å². The fourth-order valence-corrected chi connectivity index (χ4v) is 0.856. The first-order chi connectivity index (χ1) is 6.00. The Bertz CT molecular complexity index is 145. The van der Waals surface area contributed by atoms with Crippen LogP contribution in [0.4, 0.5) is 0 Å². The number of rotatable bonds is 0. The number of hydrogen-bond acceptors (Lipinski definition) is 4. The van der Waals surface area contributed by atoms with Crippen LogP contribution < -0.4 is 18.6 Å². The molecule has 4 nitrogen and oxygen atoms in total. The molecule has 0 aliphatic heterocycles. The molecular formula is C8H12ClO4Rh-. The standard InChI is InChI=1S/C8H12.ClHO4.Rh/c1-2-4-6-8-7-5-3-1;2-1(3,4)5;/h1-2,7-8H,3-6H2;(H,2,3,4,5);/p-1. The van der Waals surface area contributed by atoms with Crippen molar-refractivity contribution in [1.82, 2.24) is 0 Å². The third kappa shape index (κ3) is 22.8. The van der Waals surface area contributed by atoms with Gasteiger partial charge in [0.15, 0.2) is 0 Å². The molecule has 0 aromatic rings. The second-order valence-electron chi connectivity index (χ2n) is 2.48. The van der Waals surface area contributed by atoms with Crippen LogP contribution in [-0.4, -0.2) is 0 Å². The summed E-state index contributed by atoms with van der Waals surface area (Å²) in [5, 5.41) is 0. The quantitative estimate of drug-likeness (QED) is 0.379. The first-order valence-corrected chi connectivity index (χ1v) is 5.15. The number of hydrogen-bond donors (Lipinski definition) is 0. The van der Waals surface area contributed by atoms with Gasteiger partial charge in [-0.2, -0.15) is 0 Å². The molecule has 85 valence electrons. The van der Waals surface area contributed by atoms with Gasteiger partial charge in [-0.05, 0) is 25.7 Å². The summed E-state index contributed by atoms with van der Waals surface area (Å²) in [5.41, 5.74) is 0. The molecule has 0 saturated heterocycles. The van der Waals surface area contributed by atoms with Crippen molar-refractivity contribution < 1.29 is 48.4 Å². The second kappa shape index (κ2) is 9.78. The molecule has 0 aromatic heterocycles. The van der Waals surface area contributed by atoms with Crippen molar-refractivity contribution in [3.05, 3.63) is 24.3 Å². The van der Waals surface area contributed by atoms with Crippen LogP contribution in [0.3, 0.4) is 0 Å². The van der Waals surface area contributed by atoms with Crippen LogP contribution in [0.15, 0.2) is 24.3 Å². The molecule has 1 aliphatic rings. The van der Waals surface area contributed by atoms with Gasteiger partial charge in [0.05, 0.1) is 0 Å². The van der Waals surface area contributed by atoms with Crippen LogP contribution in [0.1, 0.15) is 25.7 Å². The Morgan fingerprint density at radius 2 is 0.786 bits per heavy atom. The summed E-state index contributed by atoms with van der Waals surface area (Å²) in [7, 11) is -4.94. The largest absolute Gasteiger partial charge is 0.222 e. The molecule has 0 spiro atoms. The fourth-order valence-electron chi connectivity index (χ4n) is 0.856. The monoisotopic (exact) mass is 310 g/mol. The minimum Gasteiger partial charge on any atom is -0.222 e. The van der Waals surface area contributed by atoms with E-state index in [1.165, 1.54) is 25.7 Å². The maximum atomic E-state index is 8.49. The van der Waals surface area contributed by atoms with Gasteiger partial charge < -0.3 is 0 Å². The van der Waals surface area contributed by atoms with Gasteiger partial charge in [-0.3, -0.25) is 0 Å². The van der Waals surface area contributed by atoms with Crippen LogP contribution in [0, 0.1) is 10.2 Å². The zero-order chi connectivity index (χ0) is 10.2. The molecule has 0 unspecified atom stereocenters.